The maximum Gasteiger partial charge on any atom is 0.231 e. The Morgan fingerprint density at radius 3 is 2.57 bits per heavy atom. The van der Waals surface area contributed by atoms with Crippen molar-refractivity contribution in [3.63, 3.8) is 0 Å². The monoisotopic (exact) mass is 291 g/mol. The van der Waals surface area contributed by atoms with Gasteiger partial charge >= 0.3 is 0 Å². The first-order chi connectivity index (χ1) is 9.75. The zero-order chi connectivity index (χ0) is 15.7. The van der Waals surface area contributed by atoms with Gasteiger partial charge in [0.2, 0.25) is 5.91 Å². The molecule has 5 heteroatoms. The van der Waals surface area contributed by atoms with Crippen molar-refractivity contribution in [3.8, 4) is 0 Å². The largest absolute Gasteiger partial charge is 0.369 e. The smallest absolute Gasteiger partial charge is 0.231 e. The van der Waals surface area contributed by atoms with Crippen LogP contribution in [0.1, 0.15) is 53.2 Å². The molecule has 1 aliphatic rings. The highest BCUT2D eigenvalue weighted by atomic mass is 16.5. The molecule has 1 atom stereocenters. The Morgan fingerprint density at radius 1 is 1.33 bits per heavy atom. The highest BCUT2D eigenvalue weighted by molar-refractivity contribution is 5.93. The van der Waals surface area contributed by atoms with Gasteiger partial charge in [0.05, 0.1) is 22.8 Å². The quantitative estimate of drug-likeness (QED) is 0.926. The van der Waals surface area contributed by atoms with Crippen molar-refractivity contribution in [1.29, 1.82) is 0 Å². The Labute approximate surface area is 126 Å². The van der Waals surface area contributed by atoms with Crippen LogP contribution in [0.3, 0.4) is 0 Å². The number of rotatable bonds is 4. The fourth-order valence-electron chi connectivity index (χ4n) is 3.07. The molecule has 0 radical (unpaired) electrons. The van der Waals surface area contributed by atoms with Gasteiger partial charge in [-0.05, 0) is 40.5 Å². The number of amides is 1. The highest BCUT2D eigenvalue weighted by Crippen LogP contribution is 2.42. The molecule has 1 amide bonds. The molecule has 1 N–H and O–H groups in total. The van der Waals surface area contributed by atoms with Gasteiger partial charge in [0.15, 0.2) is 5.82 Å². The van der Waals surface area contributed by atoms with E-state index >= 15 is 0 Å². The number of aromatic nitrogens is 2. The third kappa shape index (κ3) is 3.59. The van der Waals surface area contributed by atoms with Gasteiger partial charge in [-0.3, -0.25) is 9.78 Å². The standard InChI is InChI=1S/C16H25N3O2/c1-6-7-12-13(18-9-8-17-12)19-14(20)11-10-15(2,3)21-16(11,4)5/h8-9,11H,6-7,10H2,1-5H3,(H,18,19,20)/t11-/m1/s1. The lowest BCUT2D eigenvalue weighted by Gasteiger charge is -2.26. The third-order valence-corrected chi connectivity index (χ3v) is 3.89. The van der Waals surface area contributed by atoms with Gasteiger partial charge in [-0.2, -0.15) is 0 Å². The summed E-state index contributed by atoms with van der Waals surface area (Å²) in [7, 11) is 0. The van der Waals surface area contributed by atoms with Crippen molar-refractivity contribution >= 4 is 11.7 Å². The molecule has 1 aromatic heterocycles. The second-order valence-corrected chi connectivity index (χ2v) is 6.81. The minimum absolute atomic E-state index is 0.0385. The number of carbonyl (C=O) groups excluding carboxylic acids is 1. The van der Waals surface area contributed by atoms with Crippen molar-refractivity contribution in [2.75, 3.05) is 5.32 Å². The van der Waals surface area contributed by atoms with E-state index in [2.05, 4.69) is 22.2 Å². The number of nitrogens with zero attached hydrogens (tertiary/aromatic N) is 2. The lowest BCUT2D eigenvalue weighted by molar-refractivity contribution is -0.126. The van der Waals surface area contributed by atoms with E-state index in [4.69, 9.17) is 4.74 Å². The molecule has 21 heavy (non-hydrogen) atoms. The van der Waals surface area contributed by atoms with Crippen molar-refractivity contribution in [2.45, 2.75) is 65.1 Å². The van der Waals surface area contributed by atoms with Crippen molar-refractivity contribution in [2.24, 2.45) is 5.92 Å². The molecule has 0 bridgehead atoms. The predicted octanol–water partition coefficient (Wildman–Crippen LogP) is 2.96. The van der Waals surface area contributed by atoms with Crippen LogP contribution in [-0.4, -0.2) is 27.1 Å². The summed E-state index contributed by atoms with van der Waals surface area (Å²) in [6.45, 7) is 10.1. The molecule has 1 fully saturated rings. The third-order valence-electron chi connectivity index (χ3n) is 3.89. The zero-order valence-electron chi connectivity index (χ0n) is 13.6. The Balaban J connectivity index is 2.15. The zero-order valence-corrected chi connectivity index (χ0v) is 13.6. The first kappa shape index (κ1) is 15.9. The maximum absolute atomic E-state index is 12.6. The molecule has 0 aliphatic carbocycles. The van der Waals surface area contributed by atoms with Crippen molar-refractivity contribution in [1.82, 2.24) is 9.97 Å². The van der Waals surface area contributed by atoms with Crippen LogP contribution >= 0.6 is 0 Å². The topological polar surface area (TPSA) is 64.1 Å². The van der Waals surface area contributed by atoms with Gasteiger partial charge in [-0.25, -0.2) is 4.98 Å². The lowest BCUT2D eigenvalue weighted by atomic mass is 9.86. The molecule has 0 saturated carbocycles. The van der Waals surface area contributed by atoms with Crippen LogP contribution < -0.4 is 5.32 Å². The number of hydrogen-bond donors (Lipinski definition) is 1. The van der Waals surface area contributed by atoms with Gasteiger partial charge in [0, 0.05) is 12.4 Å². The molecule has 5 nitrogen and oxygen atoms in total. The van der Waals surface area contributed by atoms with Crippen LogP contribution in [0.15, 0.2) is 12.4 Å². The highest BCUT2D eigenvalue weighted by Gasteiger charge is 2.49. The first-order valence-corrected chi connectivity index (χ1v) is 7.56. The van der Waals surface area contributed by atoms with Crippen LogP contribution in [0, 0.1) is 5.92 Å². The number of nitrogens with one attached hydrogen (secondary N) is 1. The number of anilines is 1. The van der Waals surface area contributed by atoms with Gasteiger partial charge in [-0.1, -0.05) is 13.3 Å². The summed E-state index contributed by atoms with van der Waals surface area (Å²) in [6, 6.07) is 0. The molecule has 2 heterocycles. The normalized spacial score (nSPS) is 23.0. The van der Waals surface area contributed by atoms with Crippen LogP contribution in [-0.2, 0) is 16.0 Å². The molecule has 1 aliphatic heterocycles. The molecule has 116 valence electrons. The molecule has 0 spiro atoms. The SMILES string of the molecule is CCCc1nccnc1NC(=O)[C@H]1CC(C)(C)OC1(C)C. The van der Waals surface area contributed by atoms with E-state index in [0.29, 0.717) is 12.2 Å². The molecule has 1 aromatic rings. The van der Waals surface area contributed by atoms with Crippen molar-refractivity contribution in [3.05, 3.63) is 18.1 Å². The summed E-state index contributed by atoms with van der Waals surface area (Å²) >= 11 is 0. The fourth-order valence-corrected chi connectivity index (χ4v) is 3.07. The summed E-state index contributed by atoms with van der Waals surface area (Å²) in [5.74, 6) is 0.345. The Hall–Kier alpha value is -1.49. The average molecular weight is 291 g/mol. The second-order valence-electron chi connectivity index (χ2n) is 6.81. The van der Waals surface area contributed by atoms with Gasteiger partial charge in [-0.15, -0.1) is 0 Å². The number of ether oxygens (including phenoxy) is 1. The number of aryl methyl sites for hydroxylation is 1. The average Bonchev–Trinajstić information content (AvgIpc) is 2.60. The van der Waals surface area contributed by atoms with E-state index < -0.39 is 5.60 Å². The Bertz CT molecular complexity index is 526. The summed E-state index contributed by atoms with van der Waals surface area (Å²) in [5, 5.41) is 2.94. The Kier molecular flexibility index (Phi) is 4.33. The number of hydrogen-bond acceptors (Lipinski definition) is 4. The molecule has 1 saturated heterocycles. The molecular weight excluding hydrogens is 266 g/mol. The van der Waals surface area contributed by atoms with Crippen LogP contribution in [0.5, 0.6) is 0 Å². The van der Waals surface area contributed by atoms with E-state index in [1.54, 1.807) is 12.4 Å². The number of carbonyl (C=O) groups is 1. The van der Waals surface area contributed by atoms with Gasteiger partial charge < -0.3 is 10.1 Å². The van der Waals surface area contributed by atoms with E-state index in [-0.39, 0.29) is 17.4 Å². The van der Waals surface area contributed by atoms with Crippen LogP contribution in [0.2, 0.25) is 0 Å². The molecular formula is C16H25N3O2. The summed E-state index contributed by atoms with van der Waals surface area (Å²) < 4.78 is 5.99. The summed E-state index contributed by atoms with van der Waals surface area (Å²) in [5.41, 5.74) is 0.0882. The predicted molar refractivity (Wildman–Crippen MR) is 82.0 cm³/mol. The lowest BCUT2D eigenvalue weighted by Crippen LogP contribution is -2.37. The van der Waals surface area contributed by atoms with E-state index in [9.17, 15) is 4.79 Å². The first-order valence-electron chi connectivity index (χ1n) is 7.56. The van der Waals surface area contributed by atoms with Gasteiger partial charge in [0.1, 0.15) is 0 Å². The molecule has 0 aromatic carbocycles. The molecule has 0 unspecified atom stereocenters. The minimum Gasteiger partial charge on any atom is -0.369 e. The maximum atomic E-state index is 12.6. The summed E-state index contributed by atoms with van der Waals surface area (Å²) in [6.07, 6.45) is 5.74. The van der Waals surface area contributed by atoms with Crippen LogP contribution in [0.4, 0.5) is 5.82 Å². The van der Waals surface area contributed by atoms with E-state index in [1.807, 2.05) is 27.7 Å². The minimum atomic E-state index is -0.472. The van der Waals surface area contributed by atoms with Crippen molar-refractivity contribution < 1.29 is 9.53 Å². The van der Waals surface area contributed by atoms with Crippen LogP contribution in [0.25, 0.3) is 0 Å². The second kappa shape index (κ2) is 5.72. The Morgan fingerprint density at radius 2 is 2.00 bits per heavy atom. The molecule has 2 rings (SSSR count). The summed E-state index contributed by atoms with van der Waals surface area (Å²) in [4.78, 5) is 21.2. The fraction of sp³-hybridized carbons (Fsp3) is 0.688. The van der Waals surface area contributed by atoms with E-state index in [0.717, 1.165) is 18.5 Å². The van der Waals surface area contributed by atoms with Gasteiger partial charge in [0.25, 0.3) is 0 Å². The van der Waals surface area contributed by atoms with E-state index in [1.165, 1.54) is 0 Å².